The van der Waals surface area contributed by atoms with Crippen LogP contribution in [-0.2, 0) is 11.3 Å². The van der Waals surface area contributed by atoms with E-state index in [0.29, 0.717) is 17.4 Å². The lowest BCUT2D eigenvalue weighted by atomic mass is 10.2. The predicted molar refractivity (Wildman–Crippen MR) is 146 cm³/mol. The highest BCUT2D eigenvalue weighted by atomic mass is 32.1. The van der Waals surface area contributed by atoms with Crippen molar-refractivity contribution in [1.29, 1.82) is 0 Å². The van der Waals surface area contributed by atoms with Crippen LogP contribution >= 0.6 is 11.3 Å². The second-order valence-corrected chi connectivity index (χ2v) is 9.43. The zero-order valence-corrected chi connectivity index (χ0v) is 22.0. The standard InChI is InChI=1S/C14H11FN4OS.C13H18N2O2/c15-12-8-10(3-4-16-12)9-19-6-1-2-11(19)13(20)18-14-17-5-7-21-14;1-14(13(16)17-2)11-5-7-12(8-6-11)15-9-3-4-10-15/h1-8H,9H2,(H,17,18,20);5-8H,3-4,9-10H2,1-2H3. The number of hydrogen-bond acceptors (Lipinski definition) is 7. The molecule has 0 radical (unpaired) electrons. The molecule has 1 aliphatic heterocycles. The summed E-state index contributed by atoms with van der Waals surface area (Å²) in [5.74, 6) is -0.780. The van der Waals surface area contributed by atoms with Crippen LogP contribution in [0.2, 0.25) is 0 Å². The molecule has 1 N–H and O–H groups in total. The van der Waals surface area contributed by atoms with Crippen LogP contribution in [0.15, 0.2) is 72.5 Å². The first-order chi connectivity index (χ1) is 18.4. The third-order valence-corrected chi connectivity index (χ3v) is 6.70. The van der Waals surface area contributed by atoms with Crippen molar-refractivity contribution in [1.82, 2.24) is 14.5 Å². The zero-order chi connectivity index (χ0) is 26.9. The number of amides is 2. The van der Waals surface area contributed by atoms with E-state index >= 15 is 0 Å². The fourth-order valence-electron chi connectivity index (χ4n) is 4.05. The maximum atomic E-state index is 13.1. The van der Waals surface area contributed by atoms with Crippen LogP contribution in [0, 0.1) is 5.95 Å². The lowest BCUT2D eigenvalue weighted by Crippen LogP contribution is -2.25. The molecule has 0 atom stereocenters. The van der Waals surface area contributed by atoms with E-state index in [0.717, 1.165) is 24.3 Å². The molecule has 0 saturated carbocycles. The van der Waals surface area contributed by atoms with Crippen LogP contribution < -0.4 is 15.1 Å². The molecule has 1 saturated heterocycles. The highest BCUT2D eigenvalue weighted by Gasteiger charge is 2.15. The van der Waals surface area contributed by atoms with Crippen molar-refractivity contribution < 1.29 is 18.7 Å². The largest absolute Gasteiger partial charge is 0.452 e. The van der Waals surface area contributed by atoms with E-state index < -0.39 is 5.95 Å². The first-order valence-electron chi connectivity index (χ1n) is 12.1. The molecule has 4 heterocycles. The Morgan fingerprint density at radius 3 is 2.53 bits per heavy atom. The van der Waals surface area contributed by atoms with Gasteiger partial charge in [0.2, 0.25) is 5.95 Å². The second kappa shape index (κ2) is 12.8. The number of benzene rings is 1. The summed E-state index contributed by atoms with van der Waals surface area (Å²) in [6.45, 7) is 2.66. The number of nitrogens with one attached hydrogen (secondary N) is 1. The van der Waals surface area contributed by atoms with E-state index in [1.807, 2.05) is 12.1 Å². The van der Waals surface area contributed by atoms with Crippen LogP contribution in [0.1, 0.15) is 28.9 Å². The van der Waals surface area contributed by atoms with Crippen LogP contribution in [0.3, 0.4) is 0 Å². The van der Waals surface area contributed by atoms with Gasteiger partial charge in [-0.15, -0.1) is 11.3 Å². The molecule has 1 aliphatic rings. The van der Waals surface area contributed by atoms with Crippen LogP contribution in [0.25, 0.3) is 0 Å². The molecule has 1 fully saturated rings. The Hall–Kier alpha value is -4.25. The average Bonchev–Trinajstić information content (AvgIpc) is 3.72. The molecule has 0 spiro atoms. The number of carbonyl (C=O) groups is 2. The highest BCUT2D eigenvalue weighted by molar-refractivity contribution is 7.13. The van der Waals surface area contributed by atoms with Crippen LogP contribution in [0.5, 0.6) is 0 Å². The molecule has 2 amide bonds. The summed E-state index contributed by atoms with van der Waals surface area (Å²) in [6, 6.07) is 14.6. The minimum absolute atomic E-state index is 0.246. The Kier molecular flexibility index (Phi) is 9.04. The summed E-state index contributed by atoms with van der Waals surface area (Å²) in [5, 5.41) is 5.05. The van der Waals surface area contributed by atoms with E-state index in [4.69, 9.17) is 0 Å². The molecule has 5 rings (SSSR count). The molecule has 38 heavy (non-hydrogen) atoms. The molecule has 3 aromatic heterocycles. The number of ether oxygens (including phenoxy) is 1. The van der Waals surface area contributed by atoms with E-state index in [9.17, 15) is 14.0 Å². The Balaban J connectivity index is 0.000000181. The Morgan fingerprint density at radius 2 is 1.87 bits per heavy atom. The van der Waals surface area contributed by atoms with Gasteiger partial charge in [0.15, 0.2) is 5.13 Å². The minimum atomic E-state index is -0.534. The number of halogens is 1. The third kappa shape index (κ3) is 6.94. The molecule has 198 valence electrons. The second-order valence-electron chi connectivity index (χ2n) is 8.54. The average molecular weight is 537 g/mol. The minimum Gasteiger partial charge on any atom is -0.452 e. The summed E-state index contributed by atoms with van der Waals surface area (Å²) >= 11 is 1.35. The van der Waals surface area contributed by atoms with Gasteiger partial charge in [-0.05, 0) is 66.9 Å². The summed E-state index contributed by atoms with van der Waals surface area (Å²) in [7, 11) is 3.09. The highest BCUT2D eigenvalue weighted by Crippen LogP contribution is 2.23. The number of carbonyl (C=O) groups excluding carboxylic acids is 2. The van der Waals surface area contributed by atoms with Crippen molar-refractivity contribution in [2.75, 3.05) is 42.4 Å². The van der Waals surface area contributed by atoms with E-state index in [-0.39, 0.29) is 12.0 Å². The third-order valence-electron chi connectivity index (χ3n) is 6.02. The van der Waals surface area contributed by atoms with Gasteiger partial charge in [0.1, 0.15) is 5.69 Å². The molecule has 9 nitrogen and oxygen atoms in total. The van der Waals surface area contributed by atoms with Gasteiger partial charge in [0.25, 0.3) is 5.91 Å². The molecule has 11 heteroatoms. The fraction of sp³-hybridized carbons (Fsp3) is 0.259. The number of aromatic nitrogens is 3. The first-order valence-corrected chi connectivity index (χ1v) is 13.0. The van der Waals surface area contributed by atoms with Crippen molar-refractivity contribution >= 4 is 39.8 Å². The molecule has 0 aliphatic carbocycles. The van der Waals surface area contributed by atoms with Gasteiger partial charge >= 0.3 is 6.09 Å². The fourth-order valence-corrected chi connectivity index (χ4v) is 4.57. The number of hydrogen-bond donors (Lipinski definition) is 1. The summed E-state index contributed by atoms with van der Waals surface area (Å²) in [4.78, 5) is 34.9. The van der Waals surface area contributed by atoms with Gasteiger partial charge in [-0.3, -0.25) is 15.0 Å². The van der Waals surface area contributed by atoms with Crippen molar-refractivity contribution in [2.24, 2.45) is 0 Å². The molecular formula is C27H29FN6O3S. The lowest BCUT2D eigenvalue weighted by molar-refractivity contribution is 0.101. The van der Waals surface area contributed by atoms with Gasteiger partial charge in [0.05, 0.1) is 7.11 Å². The van der Waals surface area contributed by atoms with Gasteiger partial charge in [0, 0.05) is 62.0 Å². The van der Waals surface area contributed by atoms with E-state index in [2.05, 4.69) is 37.1 Å². The maximum Gasteiger partial charge on any atom is 0.413 e. The summed E-state index contributed by atoms with van der Waals surface area (Å²) in [6.07, 6.45) is 6.99. The number of pyridine rings is 1. The normalized spacial score (nSPS) is 12.4. The van der Waals surface area contributed by atoms with Crippen molar-refractivity contribution in [3.05, 3.63) is 89.7 Å². The van der Waals surface area contributed by atoms with Gasteiger partial charge in [-0.2, -0.15) is 4.39 Å². The molecule has 4 aromatic rings. The lowest BCUT2D eigenvalue weighted by Gasteiger charge is -2.20. The Labute approximate surface area is 224 Å². The van der Waals surface area contributed by atoms with Gasteiger partial charge in [-0.25, -0.2) is 14.8 Å². The van der Waals surface area contributed by atoms with Crippen LogP contribution in [0.4, 0.5) is 25.7 Å². The zero-order valence-electron chi connectivity index (χ0n) is 21.2. The Bertz CT molecular complexity index is 1340. The van der Waals surface area contributed by atoms with E-state index in [1.54, 1.807) is 47.6 Å². The van der Waals surface area contributed by atoms with Crippen molar-refractivity contribution in [2.45, 2.75) is 19.4 Å². The van der Waals surface area contributed by atoms with Crippen molar-refractivity contribution in [3.63, 3.8) is 0 Å². The number of rotatable bonds is 6. The number of methoxy groups -OCH3 is 1. The Morgan fingerprint density at radius 1 is 1.11 bits per heavy atom. The van der Waals surface area contributed by atoms with E-state index in [1.165, 1.54) is 54.1 Å². The number of thiazole rings is 1. The molecule has 1 aromatic carbocycles. The SMILES string of the molecule is COC(=O)N(C)c1ccc(N2CCCC2)cc1.O=C(Nc1nccs1)c1cccn1Cc1ccnc(F)c1. The topological polar surface area (TPSA) is 92.6 Å². The number of anilines is 3. The van der Waals surface area contributed by atoms with Gasteiger partial charge in [-0.1, -0.05) is 0 Å². The smallest absolute Gasteiger partial charge is 0.413 e. The predicted octanol–water partition coefficient (Wildman–Crippen LogP) is 5.27. The maximum absolute atomic E-state index is 13.1. The summed E-state index contributed by atoms with van der Waals surface area (Å²) < 4.78 is 19.5. The molecular weight excluding hydrogens is 507 g/mol. The van der Waals surface area contributed by atoms with Gasteiger partial charge < -0.3 is 14.2 Å². The first kappa shape index (κ1) is 26.8. The quantitative estimate of drug-likeness (QED) is 0.338. The monoisotopic (exact) mass is 536 g/mol. The molecule has 0 bridgehead atoms. The number of nitrogens with zero attached hydrogens (tertiary/aromatic N) is 5. The molecule has 0 unspecified atom stereocenters. The van der Waals surface area contributed by atoms with Crippen molar-refractivity contribution in [3.8, 4) is 0 Å². The van der Waals surface area contributed by atoms with Crippen LogP contribution in [-0.4, -0.2) is 53.8 Å². The summed E-state index contributed by atoms with van der Waals surface area (Å²) in [5.41, 5.74) is 3.30.